The maximum Gasteiger partial charge on any atom is 0.218 e. The van der Waals surface area contributed by atoms with Crippen LogP contribution in [-0.2, 0) is 6.54 Å². The molecular weight excluding hydrogens is 367 g/mol. The van der Waals surface area contributed by atoms with Gasteiger partial charge in [-0.15, -0.1) is 24.0 Å². The first-order valence-electron chi connectivity index (χ1n) is 6.74. The molecule has 1 rings (SSSR count). The third kappa shape index (κ3) is 7.52. The summed E-state index contributed by atoms with van der Waals surface area (Å²) in [4.78, 5) is 8.48. The molecule has 1 heterocycles. The van der Waals surface area contributed by atoms with E-state index in [0.29, 0.717) is 30.9 Å². The number of aliphatic imine (C=N–C) groups is 1. The molecule has 0 unspecified atom stereocenters. The minimum Gasteiger partial charge on any atom is -0.478 e. The topological polar surface area (TPSA) is 72.5 Å². The van der Waals surface area contributed by atoms with Gasteiger partial charge in [-0.2, -0.15) is 0 Å². The summed E-state index contributed by atoms with van der Waals surface area (Å²) in [6.07, 6.45) is 2.79. The lowest BCUT2D eigenvalue weighted by atomic mass is 10.1. The Kier molecular flexibility index (Phi) is 10.1. The van der Waals surface area contributed by atoms with Crippen molar-refractivity contribution in [1.29, 1.82) is 0 Å². The van der Waals surface area contributed by atoms with Crippen molar-refractivity contribution >= 4 is 29.9 Å². The number of hydrogen-bond donors (Lipinski definition) is 2. The number of ether oxygens (including phenoxy) is 1. The zero-order valence-corrected chi connectivity index (χ0v) is 14.8. The van der Waals surface area contributed by atoms with Crippen LogP contribution in [0.2, 0.25) is 0 Å². The van der Waals surface area contributed by atoms with Crippen molar-refractivity contribution in [2.75, 3.05) is 13.2 Å². The molecule has 0 fully saturated rings. The van der Waals surface area contributed by atoms with E-state index in [9.17, 15) is 0 Å². The van der Waals surface area contributed by atoms with Crippen molar-refractivity contribution in [2.24, 2.45) is 16.6 Å². The third-order valence-corrected chi connectivity index (χ3v) is 2.58. The standard InChI is InChI=1S/C14H24N4O.HI/c1-4-19-13-12(6-5-8-16-13)10-18-14(15)17-9-7-11(2)3;/h5-6,8,11H,4,7,9-10H2,1-3H3,(H3,15,17,18);1H. The van der Waals surface area contributed by atoms with Gasteiger partial charge in [0.1, 0.15) is 0 Å². The fraction of sp³-hybridized carbons (Fsp3) is 0.571. The second-order valence-electron chi connectivity index (χ2n) is 4.71. The van der Waals surface area contributed by atoms with Gasteiger partial charge in [-0.05, 0) is 25.3 Å². The second-order valence-corrected chi connectivity index (χ2v) is 4.71. The molecule has 0 aliphatic rings. The van der Waals surface area contributed by atoms with Crippen LogP contribution in [0, 0.1) is 5.92 Å². The highest BCUT2D eigenvalue weighted by atomic mass is 127. The summed E-state index contributed by atoms with van der Waals surface area (Å²) < 4.78 is 5.44. The SMILES string of the molecule is CCOc1ncccc1CN=C(N)NCCC(C)C.I. The molecule has 3 N–H and O–H groups in total. The van der Waals surface area contributed by atoms with Gasteiger partial charge < -0.3 is 15.8 Å². The van der Waals surface area contributed by atoms with Crippen LogP contribution in [0.1, 0.15) is 32.8 Å². The van der Waals surface area contributed by atoms with Crippen molar-refractivity contribution in [2.45, 2.75) is 33.7 Å². The summed E-state index contributed by atoms with van der Waals surface area (Å²) in [6.45, 7) is 8.21. The molecule has 114 valence electrons. The first kappa shape index (κ1) is 18.9. The van der Waals surface area contributed by atoms with Crippen LogP contribution < -0.4 is 15.8 Å². The number of nitrogens with one attached hydrogen (secondary N) is 1. The van der Waals surface area contributed by atoms with Crippen LogP contribution in [0.4, 0.5) is 0 Å². The highest BCUT2D eigenvalue weighted by Crippen LogP contribution is 2.14. The number of aromatic nitrogens is 1. The minimum absolute atomic E-state index is 0. The molecule has 20 heavy (non-hydrogen) atoms. The van der Waals surface area contributed by atoms with Gasteiger partial charge in [-0.25, -0.2) is 9.98 Å². The molecule has 0 radical (unpaired) electrons. The van der Waals surface area contributed by atoms with Crippen LogP contribution in [0.15, 0.2) is 23.3 Å². The molecule has 0 aliphatic heterocycles. The van der Waals surface area contributed by atoms with Crippen molar-refractivity contribution in [1.82, 2.24) is 10.3 Å². The number of nitrogens with zero attached hydrogens (tertiary/aromatic N) is 2. The number of guanidine groups is 1. The minimum atomic E-state index is 0. The predicted octanol–water partition coefficient (Wildman–Crippen LogP) is 2.55. The fourth-order valence-electron chi connectivity index (χ4n) is 1.53. The molecule has 0 atom stereocenters. The highest BCUT2D eigenvalue weighted by molar-refractivity contribution is 14.0. The molecule has 0 aromatic carbocycles. The molecule has 1 aromatic rings. The molecule has 0 amide bonds. The van der Waals surface area contributed by atoms with Crippen molar-refractivity contribution in [3.8, 4) is 5.88 Å². The molecule has 0 bridgehead atoms. The van der Waals surface area contributed by atoms with E-state index in [-0.39, 0.29) is 24.0 Å². The Hall–Kier alpha value is -1.05. The molecule has 5 nitrogen and oxygen atoms in total. The molecule has 6 heteroatoms. The van der Waals surface area contributed by atoms with Gasteiger partial charge in [0.2, 0.25) is 5.88 Å². The van der Waals surface area contributed by atoms with E-state index in [1.165, 1.54) is 0 Å². The van der Waals surface area contributed by atoms with Crippen LogP contribution in [0.25, 0.3) is 0 Å². The van der Waals surface area contributed by atoms with E-state index in [2.05, 4.69) is 29.1 Å². The van der Waals surface area contributed by atoms with Crippen LogP contribution in [-0.4, -0.2) is 24.1 Å². The lowest BCUT2D eigenvalue weighted by Gasteiger charge is -2.09. The Labute approximate surface area is 138 Å². The van der Waals surface area contributed by atoms with Gasteiger partial charge >= 0.3 is 0 Å². The monoisotopic (exact) mass is 392 g/mol. The van der Waals surface area contributed by atoms with E-state index < -0.39 is 0 Å². The summed E-state index contributed by atoms with van der Waals surface area (Å²) in [7, 11) is 0. The average Bonchev–Trinajstić information content (AvgIpc) is 2.37. The van der Waals surface area contributed by atoms with E-state index >= 15 is 0 Å². The largest absolute Gasteiger partial charge is 0.478 e. The Morgan fingerprint density at radius 1 is 1.50 bits per heavy atom. The molecule has 0 saturated carbocycles. The average molecular weight is 392 g/mol. The van der Waals surface area contributed by atoms with Crippen molar-refractivity contribution in [3.63, 3.8) is 0 Å². The van der Waals surface area contributed by atoms with Crippen molar-refractivity contribution in [3.05, 3.63) is 23.9 Å². The van der Waals surface area contributed by atoms with Gasteiger partial charge in [0, 0.05) is 18.3 Å². The first-order chi connectivity index (χ1) is 9.13. The summed E-state index contributed by atoms with van der Waals surface area (Å²) >= 11 is 0. The Morgan fingerprint density at radius 3 is 2.90 bits per heavy atom. The molecular formula is C14H25IN4O. The molecule has 0 spiro atoms. The number of nitrogens with two attached hydrogens (primary N) is 1. The fourth-order valence-corrected chi connectivity index (χ4v) is 1.53. The smallest absolute Gasteiger partial charge is 0.218 e. The Morgan fingerprint density at radius 2 is 2.25 bits per heavy atom. The molecule has 0 aliphatic carbocycles. The first-order valence-corrected chi connectivity index (χ1v) is 6.74. The van der Waals surface area contributed by atoms with Crippen molar-refractivity contribution < 1.29 is 4.74 Å². The summed E-state index contributed by atoms with van der Waals surface area (Å²) in [5.41, 5.74) is 6.75. The van der Waals surface area contributed by atoms with Crippen LogP contribution >= 0.6 is 24.0 Å². The Bertz CT molecular complexity index is 410. The summed E-state index contributed by atoms with van der Waals surface area (Å²) in [5.74, 6) is 1.75. The Balaban J connectivity index is 0.00000361. The number of halogens is 1. The van der Waals surface area contributed by atoms with Gasteiger partial charge in [0.15, 0.2) is 5.96 Å². The quantitative estimate of drug-likeness (QED) is 0.425. The predicted molar refractivity (Wildman–Crippen MR) is 93.6 cm³/mol. The summed E-state index contributed by atoms with van der Waals surface area (Å²) in [6, 6.07) is 3.82. The van der Waals surface area contributed by atoms with Crippen LogP contribution in [0.5, 0.6) is 5.88 Å². The van der Waals surface area contributed by atoms with E-state index in [4.69, 9.17) is 10.5 Å². The number of pyridine rings is 1. The third-order valence-electron chi connectivity index (χ3n) is 2.58. The van der Waals surface area contributed by atoms with E-state index in [1.807, 2.05) is 19.1 Å². The normalized spacial score (nSPS) is 11.1. The lowest BCUT2D eigenvalue weighted by Crippen LogP contribution is -2.32. The van der Waals surface area contributed by atoms with Gasteiger partial charge in [-0.3, -0.25) is 0 Å². The van der Waals surface area contributed by atoms with Gasteiger partial charge in [0.25, 0.3) is 0 Å². The number of hydrogen-bond acceptors (Lipinski definition) is 3. The molecule has 0 saturated heterocycles. The number of rotatable bonds is 7. The maximum absolute atomic E-state index is 5.81. The van der Waals surface area contributed by atoms with E-state index in [1.54, 1.807) is 6.20 Å². The second kappa shape index (κ2) is 10.7. The zero-order chi connectivity index (χ0) is 14.1. The lowest BCUT2D eigenvalue weighted by molar-refractivity contribution is 0.323. The van der Waals surface area contributed by atoms with Gasteiger partial charge in [0.05, 0.1) is 13.2 Å². The maximum atomic E-state index is 5.81. The molecule has 1 aromatic heterocycles. The van der Waals surface area contributed by atoms with E-state index in [0.717, 1.165) is 18.5 Å². The van der Waals surface area contributed by atoms with Gasteiger partial charge in [-0.1, -0.05) is 19.9 Å². The highest BCUT2D eigenvalue weighted by Gasteiger charge is 2.03. The summed E-state index contributed by atoms with van der Waals surface area (Å²) in [5, 5.41) is 3.10. The zero-order valence-electron chi connectivity index (χ0n) is 12.4. The van der Waals surface area contributed by atoms with Crippen LogP contribution in [0.3, 0.4) is 0 Å².